The van der Waals surface area contributed by atoms with Crippen LogP contribution in [0.2, 0.25) is 10.0 Å². The van der Waals surface area contributed by atoms with Gasteiger partial charge in [0.25, 0.3) is 0 Å². The summed E-state index contributed by atoms with van der Waals surface area (Å²) in [7, 11) is 0. The van der Waals surface area contributed by atoms with Crippen LogP contribution in [0.15, 0.2) is 36.5 Å². The number of anilines is 2. The molecule has 1 fully saturated rings. The van der Waals surface area contributed by atoms with E-state index in [1.54, 1.807) is 12.1 Å². The Kier molecular flexibility index (Phi) is 7.82. The summed E-state index contributed by atoms with van der Waals surface area (Å²) in [6, 6.07) is 7.59. The third-order valence-corrected chi connectivity index (χ3v) is 5.99. The van der Waals surface area contributed by atoms with Crippen LogP contribution in [-0.4, -0.2) is 24.7 Å². The first-order valence-corrected chi connectivity index (χ1v) is 10.9. The third kappa shape index (κ3) is 5.88. The number of nitrogens with one attached hydrogen (secondary N) is 2. The molecule has 6 heteroatoms. The maximum atomic E-state index is 6.13. The van der Waals surface area contributed by atoms with Crippen LogP contribution in [0.4, 0.5) is 11.5 Å². The van der Waals surface area contributed by atoms with Gasteiger partial charge in [-0.2, -0.15) is 0 Å². The highest BCUT2D eigenvalue weighted by molar-refractivity contribution is 6.42. The Labute approximate surface area is 183 Å². The molecule has 4 nitrogen and oxygen atoms in total. The van der Waals surface area contributed by atoms with Crippen molar-refractivity contribution in [2.75, 3.05) is 25.1 Å². The van der Waals surface area contributed by atoms with E-state index < -0.39 is 0 Å². The number of ether oxygens (including phenoxy) is 1. The minimum absolute atomic E-state index is 0.363. The lowest BCUT2D eigenvalue weighted by Crippen LogP contribution is -2.27. The van der Waals surface area contributed by atoms with E-state index in [0.29, 0.717) is 21.9 Å². The molecule has 0 bridgehead atoms. The fourth-order valence-electron chi connectivity index (χ4n) is 3.52. The van der Waals surface area contributed by atoms with Crippen LogP contribution >= 0.6 is 23.2 Å². The van der Waals surface area contributed by atoms with Crippen molar-refractivity contribution >= 4 is 40.4 Å². The average Bonchev–Trinajstić information content (AvgIpc) is 2.72. The van der Waals surface area contributed by atoms with Gasteiger partial charge >= 0.3 is 0 Å². The minimum atomic E-state index is 0.363. The van der Waals surface area contributed by atoms with Gasteiger partial charge in [0, 0.05) is 42.9 Å². The first-order chi connectivity index (χ1) is 14.0. The van der Waals surface area contributed by atoms with Gasteiger partial charge in [-0.15, -0.1) is 0 Å². The number of rotatable bonds is 7. The topological polar surface area (TPSA) is 46.2 Å². The summed E-state index contributed by atoms with van der Waals surface area (Å²) in [5.41, 5.74) is 4.39. The van der Waals surface area contributed by atoms with Crippen LogP contribution in [0.25, 0.3) is 5.70 Å². The Morgan fingerprint density at radius 1 is 1.21 bits per heavy atom. The largest absolute Gasteiger partial charge is 0.384 e. The molecular weight excluding hydrogens is 405 g/mol. The third-order valence-electron chi connectivity index (χ3n) is 5.25. The molecule has 3 rings (SSSR count). The van der Waals surface area contributed by atoms with E-state index in [0.717, 1.165) is 55.4 Å². The smallest absolute Gasteiger partial charge is 0.130 e. The summed E-state index contributed by atoms with van der Waals surface area (Å²) in [6.07, 6.45) is 6.31. The summed E-state index contributed by atoms with van der Waals surface area (Å²) in [4.78, 5) is 4.64. The normalized spacial score (nSPS) is 15.6. The van der Waals surface area contributed by atoms with Crippen LogP contribution < -0.4 is 10.6 Å². The second-order valence-electron chi connectivity index (χ2n) is 7.70. The Morgan fingerprint density at radius 3 is 2.62 bits per heavy atom. The Hall–Kier alpha value is -1.75. The SMILES string of the molecule is C/C=C(/NCC1CCOCC1)c1cnc(Nc2ccc(Cl)c(Cl)c2)cc1C(C)C. The molecule has 2 heterocycles. The molecule has 0 amide bonds. The van der Waals surface area contributed by atoms with Gasteiger partial charge < -0.3 is 15.4 Å². The maximum absolute atomic E-state index is 6.13. The van der Waals surface area contributed by atoms with Gasteiger partial charge in [0.05, 0.1) is 10.0 Å². The molecule has 0 aliphatic carbocycles. The van der Waals surface area contributed by atoms with Crippen LogP contribution in [0, 0.1) is 5.92 Å². The maximum Gasteiger partial charge on any atom is 0.130 e. The van der Waals surface area contributed by atoms with Gasteiger partial charge in [0.15, 0.2) is 0 Å². The fraction of sp³-hybridized carbons (Fsp3) is 0.435. The molecule has 0 radical (unpaired) electrons. The summed E-state index contributed by atoms with van der Waals surface area (Å²) < 4.78 is 5.47. The van der Waals surface area contributed by atoms with Crippen molar-refractivity contribution in [3.63, 3.8) is 0 Å². The highest BCUT2D eigenvalue weighted by atomic mass is 35.5. The van der Waals surface area contributed by atoms with E-state index in [2.05, 4.69) is 48.5 Å². The van der Waals surface area contributed by atoms with E-state index in [4.69, 9.17) is 27.9 Å². The van der Waals surface area contributed by atoms with Gasteiger partial charge in [0.2, 0.25) is 0 Å². The van der Waals surface area contributed by atoms with Gasteiger partial charge in [-0.05, 0) is 61.4 Å². The molecule has 0 spiro atoms. The molecule has 2 aromatic rings. The number of aromatic nitrogens is 1. The molecule has 1 aliphatic heterocycles. The van der Waals surface area contributed by atoms with Crippen LogP contribution in [0.1, 0.15) is 50.7 Å². The summed E-state index contributed by atoms with van der Waals surface area (Å²) in [5.74, 6) is 1.81. The van der Waals surface area contributed by atoms with Gasteiger partial charge in [-0.25, -0.2) is 4.98 Å². The molecule has 0 unspecified atom stereocenters. The molecule has 1 aromatic heterocycles. The molecule has 156 valence electrons. The van der Waals surface area contributed by atoms with Gasteiger partial charge in [-0.3, -0.25) is 0 Å². The zero-order valence-corrected chi connectivity index (χ0v) is 18.8. The highest BCUT2D eigenvalue weighted by Gasteiger charge is 2.17. The van der Waals surface area contributed by atoms with Crippen LogP contribution in [-0.2, 0) is 4.74 Å². The number of nitrogens with zero attached hydrogens (tertiary/aromatic N) is 1. The number of halogens is 2. The zero-order valence-electron chi connectivity index (χ0n) is 17.3. The lowest BCUT2D eigenvalue weighted by Gasteiger charge is -2.24. The second-order valence-corrected chi connectivity index (χ2v) is 8.52. The molecule has 1 saturated heterocycles. The predicted octanol–water partition coefficient (Wildman–Crippen LogP) is 6.63. The first-order valence-electron chi connectivity index (χ1n) is 10.2. The molecular formula is C23H29Cl2N3O. The lowest BCUT2D eigenvalue weighted by atomic mass is 9.95. The van der Waals surface area contributed by atoms with E-state index in [1.807, 2.05) is 12.3 Å². The summed E-state index contributed by atoms with van der Waals surface area (Å²) >= 11 is 12.1. The Balaban J connectivity index is 1.78. The molecule has 0 atom stereocenters. The fourth-order valence-corrected chi connectivity index (χ4v) is 3.82. The quantitative estimate of drug-likeness (QED) is 0.513. The van der Waals surface area contributed by atoms with Crippen molar-refractivity contribution in [3.8, 4) is 0 Å². The van der Waals surface area contributed by atoms with E-state index in [1.165, 1.54) is 5.56 Å². The molecule has 0 saturated carbocycles. The number of allylic oxidation sites excluding steroid dienone is 1. The van der Waals surface area contributed by atoms with Gasteiger partial charge in [0.1, 0.15) is 5.82 Å². The van der Waals surface area contributed by atoms with E-state index >= 15 is 0 Å². The monoisotopic (exact) mass is 433 g/mol. The molecule has 2 N–H and O–H groups in total. The molecule has 1 aliphatic rings. The van der Waals surface area contributed by atoms with Crippen molar-refractivity contribution in [1.82, 2.24) is 10.3 Å². The van der Waals surface area contributed by atoms with E-state index in [9.17, 15) is 0 Å². The van der Waals surface area contributed by atoms with Crippen LogP contribution in [0.5, 0.6) is 0 Å². The standard InChI is InChI=1S/C23H29Cl2N3O/c1-4-22(26-13-16-7-9-29-10-8-16)19-14-27-23(12-18(19)15(2)3)28-17-5-6-20(24)21(25)11-17/h4-6,11-12,14-16,26H,7-10,13H2,1-3H3,(H,27,28)/b22-4+. The average molecular weight is 434 g/mol. The highest BCUT2D eigenvalue weighted by Crippen LogP contribution is 2.30. The number of pyridine rings is 1. The molecule has 1 aromatic carbocycles. The lowest BCUT2D eigenvalue weighted by molar-refractivity contribution is 0.0674. The van der Waals surface area contributed by atoms with Crippen LogP contribution in [0.3, 0.4) is 0 Å². The van der Waals surface area contributed by atoms with Crippen molar-refractivity contribution < 1.29 is 4.74 Å². The Morgan fingerprint density at radius 2 is 1.97 bits per heavy atom. The summed E-state index contributed by atoms with van der Waals surface area (Å²) in [5, 5.41) is 8.03. The molecule has 29 heavy (non-hydrogen) atoms. The number of benzene rings is 1. The Bertz CT molecular complexity index is 861. The first kappa shape index (κ1) is 21.9. The zero-order chi connectivity index (χ0) is 20.8. The number of hydrogen-bond donors (Lipinski definition) is 2. The van der Waals surface area contributed by atoms with Gasteiger partial charge in [-0.1, -0.05) is 43.1 Å². The number of hydrogen-bond acceptors (Lipinski definition) is 4. The van der Waals surface area contributed by atoms with Crippen molar-refractivity contribution in [2.45, 2.75) is 39.5 Å². The predicted molar refractivity (Wildman–Crippen MR) is 123 cm³/mol. The van der Waals surface area contributed by atoms with E-state index in [-0.39, 0.29) is 0 Å². The van der Waals surface area contributed by atoms with Crippen molar-refractivity contribution in [2.24, 2.45) is 5.92 Å². The van der Waals surface area contributed by atoms with Crippen molar-refractivity contribution in [3.05, 3.63) is 57.7 Å². The summed E-state index contributed by atoms with van der Waals surface area (Å²) in [6.45, 7) is 9.17. The van der Waals surface area contributed by atoms with Crippen molar-refractivity contribution in [1.29, 1.82) is 0 Å². The second kappa shape index (κ2) is 10.3. The minimum Gasteiger partial charge on any atom is -0.384 e.